The summed E-state index contributed by atoms with van der Waals surface area (Å²) in [5, 5.41) is 11.6. The molecule has 4 nitrogen and oxygen atoms in total. The molecule has 0 amide bonds. The first kappa shape index (κ1) is 12.9. The van der Waals surface area contributed by atoms with Crippen LogP contribution in [0.1, 0.15) is 45.4 Å². The highest BCUT2D eigenvalue weighted by molar-refractivity contribution is 4.96. The molecule has 18 heavy (non-hydrogen) atoms. The average molecular weight is 256 g/mol. The zero-order chi connectivity index (χ0) is 12.6. The maximum atomic E-state index is 9.11. The fourth-order valence-electron chi connectivity index (χ4n) is 4.22. The summed E-state index contributed by atoms with van der Waals surface area (Å²) >= 11 is 0. The Bertz CT molecular complexity index is 303. The van der Waals surface area contributed by atoms with Crippen LogP contribution in [-0.4, -0.2) is 42.3 Å². The summed E-state index contributed by atoms with van der Waals surface area (Å²) in [6.07, 6.45) is 6.66. The molecule has 0 unspecified atom stereocenters. The number of quaternary nitrogens is 1. The minimum absolute atomic E-state index is 0.248. The molecule has 2 aliphatic heterocycles. The fourth-order valence-corrected chi connectivity index (χ4v) is 4.22. The lowest BCUT2D eigenvalue weighted by Crippen LogP contribution is -3.04. The lowest BCUT2D eigenvalue weighted by molar-refractivity contribution is -0.774. The van der Waals surface area contributed by atoms with Gasteiger partial charge in [-0.05, 0) is 19.8 Å². The predicted molar refractivity (Wildman–Crippen MR) is 67.0 cm³/mol. The van der Waals surface area contributed by atoms with Gasteiger partial charge in [0.15, 0.2) is 5.79 Å². The first-order valence-electron chi connectivity index (χ1n) is 7.41. The summed E-state index contributed by atoms with van der Waals surface area (Å²) in [5.41, 5.74) is 0.332. The van der Waals surface area contributed by atoms with Crippen molar-refractivity contribution in [3.05, 3.63) is 0 Å². The molecule has 2 saturated heterocycles. The molecule has 1 spiro atoms. The van der Waals surface area contributed by atoms with Gasteiger partial charge in [0.25, 0.3) is 0 Å². The second-order valence-corrected chi connectivity index (χ2v) is 6.53. The summed E-state index contributed by atoms with van der Waals surface area (Å²) in [5.74, 6) is 0.446. The van der Waals surface area contributed by atoms with Crippen molar-refractivity contribution in [1.82, 2.24) is 0 Å². The molecule has 1 saturated carbocycles. The number of aliphatic hydroxyl groups excluding tert-OH is 1. The second kappa shape index (κ2) is 4.75. The molecule has 3 N–H and O–H groups in total. The molecular weight excluding hydrogens is 230 g/mol. The van der Waals surface area contributed by atoms with Crippen molar-refractivity contribution in [2.45, 2.75) is 62.8 Å². The Labute approximate surface area is 109 Å². The van der Waals surface area contributed by atoms with Gasteiger partial charge in [-0.25, -0.2) is 0 Å². The molecule has 3 fully saturated rings. The molecule has 0 aromatic carbocycles. The van der Waals surface area contributed by atoms with Crippen LogP contribution in [0.25, 0.3) is 0 Å². The standard InChI is InChI=1S/C14H25NO3/c1-13-5-6-14(17-8-9-18-14)10-11(13)2-3-12(15-13)4-7-16/h11-12,15-16H,2-10H2,1H3/p+1/t11-,12-,13-/m1/s1. The first-order valence-corrected chi connectivity index (χ1v) is 7.41. The summed E-state index contributed by atoms with van der Waals surface area (Å²) in [7, 11) is 0. The Morgan fingerprint density at radius 2 is 2.00 bits per heavy atom. The summed E-state index contributed by atoms with van der Waals surface area (Å²) in [6.45, 7) is 4.24. The fraction of sp³-hybridized carbons (Fsp3) is 1.00. The highest BCUT2D eigenvalue weighted by Gasteiger charge is 2.54. The van der Waals surface area contributed by atoms with Crippen molar-refractivity contribution in [3.63, 3.8) is 0 Å². The lowest BCUT2D eigenvalue weighted by Gasteiger charge is -2.50. The minimum Gasteiger partial charge on any atom is -0.396 e. The van der Waals surface area contributed by atoms with Crippen LogP contribution in [0.4, 0.5) is 0 Å². The topological polar surface area (TPSA) is 55.3 Å². The maximum Gasteiger partial charge on any atom is 0.169 e. The van der Waals surface area contributed by atoms with Gasteiger partial charge >= 0.3 is 0 Å². The number of rotatable bonds is 2. The average Bonchev–Trinajstić information content (AvgIpc) is 2.80. The van der Waals surface area contributed by atoms with Gasteiger partial charge in [0.05, 0.1) is 24.8 Å². The van der Waals surface area contributed by atoms with E-state index in [-0.39, 0.29) is 5.79 Å². The van der Waals surface area contributed by atoms with Crippen molar-refractivity contribution in [2.75, 3.05) is 19.8 Å². The second-order valence-electron chi connectivity index (χ2n) is 6.53. The molecule has 3 atom stereocenters. The van der Waals surface area contributed by atoms with E-state index in [0.717, 1.165) is 32.5 Å². The maximum absolute atomic E-state index is 9.11. The Balaban J connectivity index is 1.67. The molecule has 3 rings (SSSR count). The van der Waals surface area contributed by atoms with Crippen LogP contribution in [0.3, 0.4) is 0 Å². The van der Waals surface area contributed by atoms with E-state index in [9.17, 15) is 0 Å². The quantitative estimate of drug-likeness (QED) is 0.752. The number of piperidine rings is 1. The first-order chi connectivity index (χ1) is 8.66. The smallest absolute Gasteiger partial charge is 0.169 e. The van der Waals surface area contributed by atoms with E-state index >= 15 is 0 Å². The van der Waals surface area contributed by atoms with E-state index in [1.54, 1.807) is 0 Å². The van der Waals surface area contributed by atoms with E-state index in [1.165, 1.54) is 19.3 Å². The highest BCUT2D eigenvalue weighted by atomic mass is 16.7. The molecule has 1 aliphatic carbocycles. The third-order valence-electron chi connectivity index (χ3n) is 5.35. The molecule has 0 bridgehead atoms. The highest BCUT2D eigenvalue weighted by Crippen LogP contribution is 2.45. The lowest BCUT2D eigenvalue weighted by atomic mass is 9.66. The van der Waals surface area contributed by atoms with Crippen LogP contribution in [0, 0.1) is 5.92 Å². The molecular formula is C14H26NO3+. The third kappa shape index (κ3) is 2.20. The van der Waals surface area contributed by atoms with Crippen molar-refractivity contribution in [3.8, 4) is 0 Å². The molecule has 0 radical (unpaired) electrons. The monoisotopic (exact) mass is 256 g/mol. The van der Waals surface area contributed by atoms with Gasteiger partial charge in [0.2, 0.25) is 0 Å². The van der Waals surface area contributed by atoms with E-state index in [4.69, 9.17) is 14.6 Å². The number of ether oxygens (including phenoxy) is 2. The summed E-state index contributed by atoms with van der Waals surface area (Å²) in [6, 6.07) is 0.607. The van der Waals surface area contributed by atoms with Crippen molar-refractivity contribution in [1.29, 1.82) is 0 Å². The van der Waals surface area contributed by atoms with Crippen molar-refractivity contribution in [2.24, 2.45) is 5.92 Å². The van der Waals surface area contributed by atoms with Gasteiger partial charge < -0.3 is 19.9 Å². The minimum atomic E-state index is -0.248. The largest absolute Gasteiger partial charge is 0.396 e. The number of aliphatic hydroxyl groups is 1. The van der Waals surface area contributed by atoms with E-state index in [0.29, 0.717) is 24.1 Å². The van der Waals surface area contributed by atoms with Gasteiger partial charge in [0, 0.05) is 38.2 Å². The van der Waals surface area contributed by atoms with Crippen LogP contribution < -0.4 is 5.32 Å². The summed E-state index contributed by atoms with van der Waals surface area (Å²) < 4.78 is 11.7. The number of hydrogen-bond donors (Lipinski definition) is 2. The number of hydrogen-bond acceptors (Lipinski definition) is 3. The van der Waals surface area contributed by atoms with Gasteiger partial charge in [-0.1, -0.05) is 0 Å². The van der Waals surface area contributed by atoms with Gasteiger partial charge in [-0.3, -0.25) is 0 Å². The predicted octanol–water partition coefficient (Wildman–Crippen LogP) is 0.397. The third-order valence-corrected chi connectivity index (χ3v) is 5.35. The van der Waals surface area contributed by atoms with Crippen LogP contribution in [0.5, 0.6) is 0 Å². The normalized spacial score (nSPS) is 43.0. The molecule has 4 heteroatoms. The van der Waals surface area contributed by atoms with Gasteiger partial charge in [0.1, 0.15) is 0 Å². The van der Waals surface area contributed by atoms with Crippen LogP contribution in [0.15, 0.2) is 0 Å². The Hall–Kier alpha value is -0.160. The Morgan fingerprint density at radius 3 is 2.72 bits per heavy atom. The Kier molecular flexibility index (Phi) is 3.39. The molecule has 3 aliphatic rings. The number of nitrogens with two attached hydrogens (primary N) is 1. The van der Waals surface area contributed by atoms with E-state index in [2.05, 4.69) is 12.2 Å². The SMILES string of the molecule is C[C@@]12CCC3(C[C@H]1CC[C@H](CCO)[NH2+]2)OCCO3. The van der Waals surface area contributed by atoms with E-state index < -0.39 is 0 Å². The zero-order valence-corrected chi connectivity index (χ0v) is 11.4. The van der Waals surface area contributed by atoms with Crippen LogP contribution in [0.2, 0.25) is 0 Å². The van der Waals surface area contributed by atoms with Crippen LogP contribution in [-0.2, 0) is 9.47 Å². The zero-order valence-electron chi connectivity index (χ0n) is 11.4. The van der Waals surface area contributed by atoms with Crippen molar-refractivity contribution >= 4 is 0 Å². The Morgan fingerprint density at radius 1 is 1.22 bits per heavy atom. The van der Waals surface area contributed by atoms with Gasteiger partial charge in [-0.15, -0.1) is 0 Å². The van der Waals surface area contributed by atoms with E-state index in [1.807, 2.05) is 0 Å². The molecule has 0 aromatic rings. The van der Waals surface area contributed by atoms with Crippen molar-refractivity contribution < 1.29 is 19.9 Å². The number of fused-ring (bicyclic) bond motifs is 1. The summed E-state index contributed by atoms with van der Waals surface area (Å²) in [4.78, 5) is 0. The van der Waals surface area contributed by atoms with Gasteiger partial charge in [-0.2, -0.15) is 0 Å². The van der Waals surface area contributed by atoms with Crippen LogP contribution >= 0.6 is 0 Å². The molecule has 2 heterocycles. The molecule has 104 valence electrons. The molecule has 0 aromatic heterocycles.